The van der Waals surface area contributed by atoms with Crippen molar-refractivity contribution in [2.24, 2.45) is 0 Å². The largest absolute Gasteiger partial charge is 0.344 e. The van der Waals surface area contributed by atoms with Crippen LogP contribution in [0.1, 0.15) is 43.4 Å². The zero-order chi connectivity index (χ0) is 16.9. The van der Waals surface area contributed by atoms with Gasteiger partial charge in [-0.05, 0) is 38.3 Å². The second-order valence-corrected chi connectivity index (χ2v) is 6.02. The number of unbranched alkanes of at least 4 members (excludes halogenated alkanes) is 1. The van der Waals surface area contributed by atoms with Gasteiger partial charge in [0.25, 0.3) is 0 Å². The fraction of sp³-hybridized carbons (Fsp3) is 0.556. The van der Waals surface area contributed by atoms with E-state index in [1.807, 2.05) is 32.9 Å². The van der Waals surface area contributed by atoms with Crippen molar-refractivity contribution in [3.8, 4) is 0 Å². The fourth-order valence-electron chi connectivity index (χ4n) is 2.72. The maximum Gasteiger partial charge on any atom is 0.242 e. The fourth-order valence-corrected chi connectivity index (χ4v) is 2.72. The third-order valence-corrected chi connectivity index (χ3v) is 3.85. The topological polar surface area (TPSA) is 40.6 Å². The van der Waals surface area contributed by atoms with Gasteiger partial charge in [0.15, 0.2) is 0 Å². The quantitative estimate of drug-likeness (QED) is 0.809. The summed E-state index contributed by atoms with van der Waals surface area (Å²) in [6.45, 7) is 10.4. The summed E-state index contributed by atoms with van der Waals surface area (Å²) >= 11 is 0. The van der Waals surface area contributed by atoms with Crippen molar-refractivity contribution in [2.75, 3.05) is 25.0 Å². The molecule has 4 heteroatoms. The summed E-state index contributed by atoms with van der Waals surface area (Å²) < 4.78 is 0. The first-order chi connectivity index (χ1) is 10.3. The normalized spacial score (nSPS) is 10.5. The van der Waals surface area contributed by atoms with Crippen LogP contribution in [0.25, 0.3) is 0 Å². The van der Waals surface area contributed by atoms with Crippen molar-refractivity contribution in [2.45, 2.75) is 47.5 Å². The highest BCUT2D eigenvalue weighted by Crippen LogP contribution is 2.26. The zero-order valence-electron chi connectivity index (χ0n) is 14.7. The molecule has 1 rings (SSSR count). The molecule has 22 heavy (non-hydrogen) atoms. The highest BCUT2D eigenvalue weighted by atomic mass is 16.2. The molecule has 0 fully saturated rings. The van der Waals surface area contributed by atoms with E-state index >= 15 is 0 Å². The number of benzene rings is 1. The predicted molar refractivity (Wildman–Crippen MR) is 91.2 cm³/mol. The van der Waals surface area contributed by atoms with Crippen LogP contribution in [0.15, 0.2) is 12.1 Å². The molecule has 0 aliphatic rings. The Labute approximate surface area is 134 Å². The molecule has 122 valence electrons. The van der Waals surface area contributed by atoms with Gasteiger partial charge in [-0.3, -0.25) is 9.59 Å². The van der Waals surface area contributed by atoms with Gasteiger partial charge in [-0.2, -0.15) is 0 Å². The van der Waals surface area contributed by atoms with E-state index in [2.05, 4.69) is 6.92 Å². The Morgan fingerprint density at radius 2 is 1.64 bits per heavy atom. The van der Waals surface area contributed by atoms with Crippen molar-refractivity contribution >= 4 is 17.5 Å². The number of hydrogen-bond donors (Lipinski definition) is 0. The van der Waals surface area contributed by atoms with Crippen LogP contribution in [0.5, 0.6) is 0 Å². The first-order valence-corrected chi connectivity index (χ1v) is 7.87. The van der Waals surface area contributed by atoms with E-state index < -0.39 is 0 Å². The summed E-state index contributed by atoms with van der Waals surface area (Å²) in [7, 11) is 1.80. The molecule has 1 aromatic rings. The highest BCUT2D eigenvalue weighted by Gasteiger charge is 2.21. The number of anilines is 1. The van der Waals surface area contributed by atoms with E-state index in [0.717, 1.165) is 41.8 Å². The van der Waals surface area contributed by atoms with Crippen LogP contribution in [0.3, 0.4) is 0 Å². The number of carbonyl (C=O) groups excluding carboxylic acids is 2. The third kappa shape index (κ3) is 4.58. The van der Waals surface area contributed by atoms with E-state index in [9.17, 15) is 9.59 Å². The average Bonchev–Trinajstić information content (AvgIpc) is 2.42. The molecule has 0 saturated carbocycles. The molecule has 0 bridgehead atoms. The molecule has 1 aromatic carbocycles. The lowest BCUT2D eigenvalue weighted by molar-refractivity contribution is -0.130. The molecular weight excluding hydrogens is 276 g/mol. The molecule has 0 atom stereocenters. The summed E-state index contributed by atoms with van der Waals surface area (Å²) in [5, 5.41) is 0. The van der Waals surface area contributed by atoms with Crippen LogP contribution in [-0.4, -0.2) is 36.9 Å². The van der Waals surface area contributed by atoms with Gasteiger partial charge in [-0.25, -0.2) is 0 Å². The Morgan fingerprint density at radius 1 is 1.09 bits per heavy atom. The number of amides is 2. The minimum atomic E-state index is -0.104. The number of rotatable bonds is 6. The summed E-state index contributed by atoms with van der Waals surface area (Å²) in [6, 6.07) is 4.09. The first kappa shape index (κ1) is 18.2. The van der Waals surface area contributed by atoms with E-state index in [1.165, 1.54) is 6.92 Å². The zero-order valence-corrected chi connectivity index (χ0v) is 14.7. The lowest BCUT2D eigenvalue weighted by Gasteiger charge is -2.27. The van der Waals surface area contributed by atoms with Crippen molar-refractivity contribution in [3.63, 3.8) is 0 Å². The predicted octanol–water partition coefficient (Wildman–Crippen LogP) is 3.22. The minimum Gasteiger partial charge on any atom is -0.344 e. The van der Waals surface area contributed by atoms with Gasteiger partial charge in [0.05, 0.1) is 5.69 Å². The molecule has 0 spiro atoms. The van der Waals surface area contributed by atoms with Gasteiger partial charge in [0.2, 0.25) is 11.8 Å². The Balaban J connectivity index is 3.01. The molecule has 0 unspecified atom stereocenters. The van der Waals surface area contributed by atoms with Crippen LogP contribution in [-0.2, 0) is 9.59 Å². The lowest BCUT2D eigenvalue weighted by Crippen LogP contribution is -2.41. The Bertz CT molecular complexity index is 529. The number of carbonyl (C=O) groups is 2. The summed E-state index contributed by atoms with van der Waals surface area (Å²) in [5.74, 6) is -0.129. The Morgan fingerprint density at radius 3 is 2.09 bits per heavy atom. The molecule has 0 heterocycles. The summed E-state index contributed by atoms with van der Waals surface area (Å²) in [5.41, 5.74) is 4.07. The lowest BCUT2D eigenvalue weighted by atomic mass is 10.0. The second kappa shape index (κ2) is 7.97. The summed E-state index contributed by atoms with van der Waals surface area (Å²) in [4.78, 5) is 27.7. The highest BCUT2D eigenvalue weighted by molar-refractivity contribution is 5.98. The molecule has 0 aliphatic heterocycles. The van der Waals surface area contributed by atoms with Crippen molar-refractivity contribution in [1.82, 2.24) is 4.90 Å². The SMILES string of the molecule is CCCCN(C)C(=O)CN(C(C)=O)c1c(C)cc(C)cc1C. The number of likely N-dealkylation sites (N-methyl/N-ethyl adjacent to an activating group) is 1. The maximum absolute atomic E-state index is 12.4. The summed E-state index contributed by atoms with van der Waals surface area (Å²) in [6.07, 6.45) is 2.02. The average molecular weight is 304 g/mol. The standard InChI is InChI=1S/C18H28N2O2/c1-7-8-9-19(6)17(22)12-20(16(5)21)18-14(3)10-13(2)11-15(18)4/h10-11H,7-9,12H2,1-6H3. The maximum atomic E-state index is 12.4. The van der Waals surface area contributed by atoms with Crippen molar-refractivity contribution in [3.05, 3.63) is 28.8 Å². The van der Waals surface area contributed by atoms with Gasteiger partial charge < -0.3 is 9.80 Å². The van der Waals surface area contributed by atoms with Gasteiger partial charge in [0, 0.05) is 20.5 Å². The van der Waals surface area contributed by atoms with Gasteiger partial charge in [-0.1, -0.05) is 31.0 Å². The van der Waals surface area contributed by atoms with Crippen molar-refractivity contribution < 1.29 is 9.59 Å². The smallest absolute Gasteiger partial charge is 0.242 e. The van der Waals surface area contributed by atoms with Gasteiger partial charge in [-0.15, -0.1) is 0 Å². The van der Waals surface area contributed by atoms with E-state index in [4.69, 9.17) is 0 Å². The molecule has 0 radical (unpaired) electrons. The van der Waals surface area contributed by atoms with Crippen LogP contribution in [0.4, 0.5) is 5.69 Å². The Hall–Kier alpha value is -1.84. The van der Waals surface area contributed by atoms with Crippen LogP contribution in [0.2, 0.25) is 0 Å². The van der Waals surface area contributed by atoms with Crippen LogP contribution < -0.4 is 4.90 Å². The molecule has 0 N–H and O–H groups in total. The van der Waals surface area contributed by atoms with Gasteiger partial charge >= 0.3 is 0 Å². The van der Waals surface area contributed by atoms with Crippen LogP contribution >= 0.6 is 0 Å². The number of hydrogen-bond acceptors (Lipinski definition) is 2. The van der Waals surface area contributed by atoms with E-state index in [1.54, 1.807) is 16.8 Å². The molecule has 4 nitrogen and oxygen atoms in total. The molecule has 0 aliphatic carbocycles. The number of nitrogens with zero attached hydrogens (tertiary/aromatic N) is 2. The van der Waals surface area contributed by atoms with E-state index in [-0.39, 0.29) is 18.4 Å². The molecule has 0 saturated heterocycles. The van der Waals surface area contributed by atoms with E-state index in [0.29, 0.717) is 0 Å². The first-order valence-electron chi connectivity index (χ1n) is 7.87. The molecule has 0 aromatic heterocycles. The molecular formula is C18H28N2O2. The van der Waals surface area contributed by atoms with Crippen LogP contribution in [0, 0.1) is 20.8 Å². The monoisotopic (exact) mass is 304 g/mol. The second-order valence-electron chi connectivity index (χ2n) is 6.02. The van der Waals surface area contributed by atoms with Gasteiger partial charge in [0.1, 0.15) is 6.54 Å². The number of aryl methyl sites for hydroxylation is 3. The minimum absolute atomic E-state index is 0.0250. The Kier molecular flexibility index (Phi) is 6.60. The third-order valence-electron chi connectivity index (χ3n) is 3.85. The molecule has 2 amide bonds. The van der Waals surface area contributed by atoms with Crippen molar-refractivity contribution in [1.29, 1.82) is 0 Å².